The summed E-state index contributed by atoms with van der Waals surface area (Å²) in [5.74, 6) is 1.94. The van der Waals surface area contributed by atoms with Crippen LogP contribution in [0.5, 0.6) is 0 Å². The molecule has 0 spiro atoms. The first kappa shape index (κ1) is 14.3. The lowest BCUT2D eigenvalue weighted by Gasteiger charge is -2.18. The van der Waals surface area contributed by atoms with Crippen LogP contribution in [0, 0.1) is 12.8 Å². The molecule has 1 aliphatic carbocycles. The summed E-state index contributed by atoms with van der Waals surface area (Å²) in [4.78, 5) is 19.4. The van der Waals surface area contributed by atoms with Gasteiger partial charge in [-0.15, -0.1) is 0 Å². The third-order valence-electron chi connectivity index (χ3n) is 3.73. The molecule has 0 bridgehead atoms. The highest BCUT2D eigenvalue weighted by molar-refractivity contribution is 6.32. The molecule has 0 saturated heterocycles. The highest BCUT2D eigenvalue weighted by atomic mass is 35.5. The Morgan fingerprint density at radius 1 is 1.26 bits per heavy atom. The monoisotopic (exact) mass is 281 g/mol. The van der Waals surface area contributed by atoms with Gasteiger partial charge in [-0.1, -0.05) is 31.4 Å². The quantitative estimate of drug-likeness (QED) is 0.522. The normalized spacial score (nSPS) is 23.7. The maximum absolute atomic E-state index is 11.1. The SMILES string of the molecule is Cc1nc(Cl)c(C=O)c(NC2CCCC(C)CC2)n1. The van der Waals surface area contributed by atoms with Crippen LogP contribution >= 0.6 is 11.6 Å². The van der Waals surface area contributed by atoms with E-state index >= 15 is 0 Å². The molecule has 1 aromatic rings. The number of nitrogens with zero attached hydrogens (tertiary/aromatic N) is 2. The number of nitrogens with one attached hydrogen (secondary N) is 1. The van der Waals surface area contributed by atoms with Crippen LogP contribution < -0.4 is 5.32 Å². The molecule has 0 radical (unpaired) electrons. The minimum Gasteiger partial charge on any atom is -0.367 e. The van der Waals surface area contributed by atoms with E-state index in [9.17, 15) is 4.79 Å². The van der Waals surface area contributed by atoms with Gasteiger partial charge in [0.1, 0.15) is 16.8 Å². The summed E-state index contributed by atoms with van der Waals surface area (Å²) in [5.41, 5.74) is 0.365. The molecule has 0 aromatic carbocycles. The summed E-state index contributed by atoms with van der Waals surface area (Å²) < 4.78 is 0. The number of carbonyl (C=O) groups excluding carboxylic acids is 1. The summed E-state index contributed by atoms with van der Waals surface area (Å²) in [6.07, 6.45) is 6.66. The van der Waals surface area contributed by atoms with E-state index in [4.69, 9.17) is 11.6 Å². The van der Waals surface area contributed by atoms with E-state index in [1.54, 1.807) is 6.92 Å². The molecule has 2 atom stereocenters. The van der Waals surface area contributed by atoms with Crippen LogP contribution in [0.3, 0.4) is 0 Å². The van der Waals surface area contributed by atoms with Crippen LogP contribution in [0.4, 0.5) is 5.82 Å². The van der Waals surface area contributed by atoms with E-state index < -0.39 is 0 Å². The van der Waals surface area contributed by atoms with E-state index in [0.717, 1.165) is 25.0 Å². The van der Waals surface area contributed by atoms with Crippen LogP contribution in [0.1, 0.15) is 55.2 Å². The Morgan fingerprint density at radius 2 is 2.05 bits per heavy atom. The summed E-state index contributed by atoms with van der Waals surface area (Å²) in [7, 11) is 0. The molecule has 1 aliphatic rings. The second-order valence-electron chi connectivity index (χ2n) is 5.40. The summed E-state index contributed by atoms with van der Waals surface area (Å²) >= 11 is 5.99. The van der Waals surface area contributed by atoms with Crippen molar-refractivity contribution in [2.75, 3.05) is 5.32 Å². The average Bonchev–Trinajstić information content (AvgIpc) is 2.54. The third kappa shape index (κ3) is 3.66. The van der Waals surface area contributed by atoms with Gasteiger partial charge < -0.3 is 5.32 Å². The van der Waals surface area contributed by atoms with E-state index in [2.05, 4.69) is 22.2 Å². The number of aromatic nitrogens is 2. The van der Waals surface area contributed by atoms with Crippen molar-refractivity contribution in [3.8, 4) is 0 Å². The number of hydrogen-bond donors (Lipinski definition) is 1. The number of rotatable bonds is 3. The highest BCUT2D eigenvalue weighted by Crippen LogP contribution is 2.26. The predicted octanol–water partition coefficient (Wildman–Crippen LogP) is 3.63. The van der Waals surface area contributed by atoms with Gasteiger partial charge >= 0.3 is 0 Å². The zero-order chi connectivity index (χ0) is 13.8. The largest absolute Gasteiger partial charge is 0.367 e. The lowest BCUT2D eigenvalue weighted by atomic mass is 10.0. The first-order valence-electron chi connectivity index (χ1n) is 6.86. The van der Waals surface area contributed by atoms with Gasteiger partial charge in [-0.05, 0) is 32.1 Å². The second kappa shape index (κ2) is 6.33. The van der Waals surface area contributed by atoms with Gasteiger partial charge in [0.2, 0.25) is 0 Å². The van der Waals surface area contributed by atoms with E-state index in [0.29, 0.717) is 23.2 Å². The van der Waals surface area contributed by atoms with Crippen molar-refractivity contribution in [2.24, 2.45) is 5.92 Å². The number of aldehydes is 1. The van der Waals surface area contributed by atoms with Gasteiger partial charge in [-0.3, -0.25) is 4.79 Å². The van der Waals surface area contributed by atoms with Crippen molar-refractivity contribution in [3.05, 3.63) is 16.5 Å². The van der Waals surface area contributed by atoms with Crippen molar-refractivity contribution in [2.45, 2.75) is 52.0 Å². The molecular formula is C14H20ClN3O. The molecule has 1 heterocycles. The van der Waals surface area contributed by atoms with Gasteiger partial charge in [0.05, 0.1) is 5.56 Å². The smallest absolute Gasteiger partial charge is 0.156 e. The number of carbonyl (C=O) groups is 1. The second-order valence-corrected chi connectivity index (χ2v) is 5.75. The molecule has 19 heavy (non-hydrogen) atoms. The molecule has 4 nitrogen and oxygen atoms in total. The van der Waals surface area contributed by atoms with Crippen molar-refractivity contribution in [1.82, 2.24) is 9.97 Å². The third-order valence-corrected chi connectivity index (χ3v) is 4.02. The molecule has 1 N–H and O–H groups in total. The standard InChI is InChI=1S/C14H20ClN3O/c1-9-4-3-5-11(7-6-9)18-14-12(8-19)13(15)16-10(2)17-14/h8-9,11H,3-7H2,1-2H3,(H,16,17,18). The first-order chi connectivity index (χ1) is 9.10. The van der Waals surface area contributed by atoms with Crippen molar-refractivity contribution >= 4 is 23.7 Å². The molecule has 5 heteroatoms. The van der Waals surface area contributed by atoms with Crippen LogP contribution in [-0.4, -0.2) is 22.3 Å². The Bertz CT molecular complexity index is 464. The molecule has 0 amide bonds. The molecule has 2 rings (SSSR count). The fourth-order valence-electron chi connectivity index (χ4n) is 2.59. The Hall–Kier alpha value is -1.16. The summed E-state index contributed by atoms with van der Waals surface area (Å²) in [6, 6.07) is 0.369. The zero-order valence-corrected chi connectivity index (χ0v) is 12.2. The molecule has 0 aliphatic heterocycles. The van der Waals surface area contributed by atoms with Crippen molar-refractivity contribution in [1.29, 1.82) is 0 Å². The lowest BCUT2D eigenvalue weighted by molar-refractivity contribution is 0.112. The van der Waals surface area contributed by atoms with Gasteiger partial charge in [-0.25, -0.2) is 9.97 Å². The summed E-state index contributed by atoms with van der Waals surface area (Å²) in [6.45, 7) is 4.08. The molecular weight excluding hydrogens is 262 g/mol. The van der Waals surface area contributed by atoms with Crippen LogP contribution in [0.25, 0.3) is 0 Å². The maximum Gasteiger partial charge on any atom is 0.156 e. The van der Waals surface area contributed by atoms with E-state index in [-0.39, 0.29) is 5.15 Å². The average molecular weight is 282 g/mol. The topological polar surface area (TPSA) is 54.9 Å². The van der Waals surface area contributed by atoms with Crippen LogP contribution in [0.15, 0.2) is 0 Å². The summed E-state index contributed by atoms with van der Waals surface area (Å²) in [5, 5.41) is 3.60. The molecule has 1 fully saturated rings. The zero-order valence-electron chi connectivity index (χ0n) is 11.4. The molecule has 1 saturated carbocycles. The minimum atomic E-state index is 0.229. The maximum atomic E-state index is 11.1. The number of halogens is 1. The Kier molecular flexibility index (Phi) is 4.75. The van der Waals surface area contributed by atoms with Gasteiger partial charge in [0.25, 0.3) is 0 Å². The minimum absolute atomic E-state index is 0.229. The first-order valence-corrected chi connectivity index (χ1v) is 7.23. The van der Waals surface area contributed by atoms with Gasteiger partial charge in [0.15, 0.2) is 6.29 Å². The Balaban J connectivity index is 2.16. The van der Waals surface area contributed by atoms with E-state index in [1.165, 1.54) is 19.3 Å². The van der Waals surface area contributed by atoms with Crippen LogP contribution in [-0.2, 0) is 0 Å². The highest BCUT2D eigenvalue weighted by Gasteiger charge is 2.19. The fraction of sp³-hybridized carbons (Fsp3) is 0.643. The lowest BCUT2D eigenvalue weighted by Crippen LogP contribution is -2.21. The fourth-order valence-corrected chi connectivity index (χ4v) is 2.84. The molecule has 1 aromatic heterocycles. The number of anilines is 1. The van der Waals surface area contributed by atoms with Gasteiger partial charge in [0, 0.05) is 6.04 Å². The number of aryl methyl sites for hydroxylation is 1. The van der Waals surface area contributed by atoms with Gasteiger partial charge in [-0.2, -0.15) is 0 Å². The Morgan fingerprint density at radius 3 is 2.79 bits per heavy atom. The predicted molar refractivity (Wildman–Crippen MR) is 76.8 cm³/mol. The molecule has 104 valence electrons. The van der Waals surface area contributed by atoms with Crippen LogP contribution in [0.2, 0.25) is 5.15 Å². The number of hydrogen-bond acceptors (Lipinski definition) is 4. The Labute approximate surface area is 119 Å². The van der Waals surface area contributed by atoms with Crippen molar-refractivity contribution < 1.29 is 4.79 Å². The molecule has 2 unspecified atom stereocenters. The van der Waals surface area contributed by atoms with Crippen molar-refractivity contribution in [3.63, 3.8) is 0 Å². The van der Waals surface area contributed by atoms with E-state index in [1.807, 2.05) is 0 Å².